The SMILES string of the molecule is Cc1ccc(/[C](c2ccccc2)=[Zr+2](\[C]2=CC(C(C)(C)C)=CC2C)[CH]2c3cc(C(C)(C)C)ccc3-c3ccc(C(C)(C)C)cc32)cc1.[Cl-].[Cl-]. The Morgan fingerprint density at radius 1 is 0.583 bits per heavy atom. The van der Waals surface area contributed by atoms with Gasteiger partial charge in [0.15, 0.2) is 0 Å². The van der Waals surface area contributed by atoms with E-state index < -0.39 is 21.3 Å². The van der Waals surface area contributed by atoms with Crippen LogP contribution in [0.2, 0.25) is 0 Å². The van der Waals surface area contributed by atoms with Gasteiger partial charge >= 0.3 is 288 Å². The second kappa shape index (κ2) is 14.1. The van der Waals surface area contributed by atoms with Crippen molar-refractivity contribution in [3.05, 3.63) is 151 Å². The van der Waals surface area contributed by atoms with Gasteiger partial charge in [-0.3, -0.25) is 0 Å². The van der Waals surface area contributed by atoms with Gasteiger partial charge in [0.05, 0.1) is 0 Å². The summed E-state index contributed by atoms with van der Waals surface area (Å²) in [6.07, 6.45) is 5.25. The van der Waals surface area contributed by atoms with Crippen molar-refractivity contribution in [1.82, 2.24) is 0 Å². The Balaban J connectivity index is 0.00000260. The van der Waals surface area contributed by atoms with Crippen molar-refractivity contribution in [3.63, 3.8) is 0 Å². The van der Waals surface area contributed by atoms with Crippen LogP contribution in [0.4, 0.5) is 0 Å². The van der Waals surface area contributed by atoms with Gasteiger partial charge in [-0.05, 0) is 0 Å². The molecule has 4 aromatic carbocycles. The van der Waals surface area contributed by atoms with E-state index in [9.17, 15) is 0 Å². The summed E-state index contributed by atoms with van der Waals surface area (Å²) >= 11 is -2.88. The molecule has 0 spiro atoms. The topological polar surface area (TPSA) is 0 Å². The molecule has 0 nitrogen and oxygen atoms in total. The first-order valence-electron chi connectivity index (χ1n) is 17.1. The largest absolute Gasteiger partial charge is 1.00 e. The molecule has 0 saturated heterocycles. The minimum Gasteiger partial charge on any atom is -1.00 e. The maximum atomic E-state index is 2.66. The normalized spacial score (nSPS) is 16.2. The predicted molar refractivity (Wildman–Crippen MR) is 197 cm³/mol. The molecule has 1 atom stereocenters. The van der Waals surface area contributed by atoms with E-state index >= 15 is 0 Å². The summed E-state index contributed by atoms with van der Waals surface area (Å²) in [5.74, 6) is 0.428. The molecule has 2 aliphatic carbocycles. The van der Waals surface area contributed by atoms with Crippen molar-refractivity contribution < 1.29 is 46.1 Å². The molecule has 0 radical (unpaired) electrons. The summed E-state index contributed by atoms with van der Waals surface area (Å²) in [5, 5.41) is 0. The Labute approximate surface area is 311 Å². The molecule has 4 aromatic rings. The molecule has 0 fully saturated rings. The van der Waals surface area contributed by atoms with Crippen LogP contribution in [-0.2, 0) is 32.1 Å². The smallest absolute Gasteiger partial charge is 1.00 e. The van der Waals surface area contributed by atoms with Crippen molar-refractivity contribution in [1.29, 1.82) is 0 Å². The molecule has 0 amide bonds. The molecule has 6 rings (SSSR count). The van der Waals surface area contributed by atoms with E-state index in [1.807, 2.05) is 0 Å². The molecule has 0 aromatic heterocycles. The van der Waals surface area contributed by atoms with Crippen LogP contribution in [0.1, 0.15) is 112 Å². The van der Waals surface area contributed by atoms with E-state index in [0.717, 1.165) is 0 Å². The first kappa shape index (κ1) is 38.5. The van der Waals surface area contributed by atoms with Crippen LogP contribution >= 0.6 is 0 Å². The van der Waals surface area contributed by atoms with Crippen molar-refractivity contribution in [2.24, 2.45) is 11.3 Å². The van der Waals surface area contributed by atoms with E-state index in [1.54, 1.807) is 17.6 Å². The van der Waals surface area contributed by atoms with Gasteiger partial charge in [-0.15, -0.1) is 0 Å². The molecule has 48 heavy (non-hydrogen) atoms. The van der Waals surface area contributed by atoms with Gasteiger partial charge in [0.2, 0.25) is 0 Å². The Morgan fingerprint density at radius 2 is 1.06 bits per heavy atom. The quantitative estimate of drug-likeness (QED) is 0.238. The van der Waals surface area contributed by atoms with Crippen molar-refractivity contribution >= 4 is 3.21 Å². The van der Waals surface area contributed by atoms with E-state index in [1.165, 1.54) is 44.5 Å². The third-order valence-corrected chi connectivity index (χ3v) is 18.8. The summed E-state index contributed by atoms with van der Waals surface area (Å²) in [5.41, 5.74) is 14.7. The van der Waals surface area contributed by atoms with Crippen LogP contribution in [-0.4, -0.2) is 3.21 Å². The van der Waals surface area contributed by atoms with Crippen LogP contribution in [0.25, 0.3) is 11.1 Å². The fourth-order valence-electron chi connectivity index (χ4n) is 7.26. The molecule has 0 bridgehead atoms. The molecular formula is C45H52Cl2Zr. The summed E-state index contributed by atoms with van der Waals surface area (Å²) in [6.45, 7) is 26.0. The fraction of sp³-hybridized carbons (Fsp3) is 0.356. The molecule has 0 saturated carbocycles. The number of hydrogen-bond donors (Lipinski definition) is 0. The Hall–Kier alpha value is -2.31. The van der Waals surface area contributed by atoms with Crippen LogP contribution in [0.3, 0.4) is 0 Å². The molecule has 2 aliphatic rings. The number of allylic oxidation sites excluding steroid dienone is 4. The third-order valence-electron chi connectivity index (χ3n) is 10.1. The molecule has 0 aliphatic heterocycles. The summed E-state index contributed by atoms with van der Waals surface area (Å²) in [4.78, 5) is 0. The van der Waals surface area contributed by atoms with Crippen LogP contribution in [0, 0.1) is 18.3 Å². The van der Waals surface area contributed by atoms with Crippen molar-refractivity contribution in [2.75, 3.05) is 0 Å². The number of aryl methyl sites for hydroxylation is 1. The van der Waals surface area contributed by atoms with Gasteiger partial charge < -0.3 is 24.8 Å². The van der Waals surface area contributed by atoms with E-state index in [2.05, 4.69) is 179 Å². The zero-order valence-corrected chi connectivity index (χ0v) is 34.7. The first-order chi connectivity index (χ1) is 21.5. The van der Waals surface area contributed by atoms with Gasteiger partial charge in [-0.1, -0.05) is 0 Å². The summed E-state index contributed by atoms with van der Waals surface area (Å²) in [7, 11) is 0. The Kier molecular flexibility index (Phi) is 11.3. The number of benzene rings is 4. The Morgan fingerprint density at radius 3 is 1.50 bits per heavy atom. The minimum atomic E-state index is -2.88. The number of halogens is 2. The molecule has 0 N–H and O–H groups in total. The fourth-order valence-corrected chi connectivity index (χ4v) is 16.7. The Bertz CT molecular complexity index is 1820. The van der Waals surface area contributed by atoms with Gasteiger partial charge in [0.1, 0.15) is 0 Å². The van der Waals surface area contributed by atoms with Crippen LogP contribution in [0.5, 0.6) is 0 Å². The predicted octanol–water partition coefficient (Wildman–Crippen LogP) is 6.06. The van der Waals surface area contributed by atoms with E-state index in [0.29, 0.717) is 9.54 Å². The average Bonchev–Trinajstić information content (AvgIpc) is 3.53. The standard InChI is InChI=1S/C21H25.C14H12.C10H15.2ClH.Zr/c1-20(2,3)16-7-9-18-14(12-16)11-15-13-17(21(4,5)6)8-10-19(15)18;1-12-7-9-14(10-8-12)11-13-5-3-2-4-6-13;1-8-5-6-9(7-8)10(2,3)4;;;/h7-13H,1-6H3;2-10H,1H3;6-8H,1-4H3;2*1H;/q;;;;;+2/p-2. The van der Waals surface area contributed by atoms with Crippen molar-refractivity contribution in [2.45, 2.75) is 90.6 Å². The molecule has 1 unspecified atom stereocenters. The second-order valence-electron chi connectivity index (χ2n) is 16.8. The van der Waals surface area contributed by atoms with Gasteiger partial charge in [-0.25, -0.2) is 0 Å². The minimum absolute atomic E-state index is 0. The maximum Gasteiger partial charge on any atom is -1.00 e. The second-order valence-corrected chi connectivity index (χ2v) is 22.9. The van der Waals surface area contributed by atoms with Crippen LogP contribution in [0.15, 0.2) is 112 Å². The zero-order valence-electron chi connectivity index (χ0n) is 30.7. The zero-order chi connectivity index (χ0) is 33.2. The summed E-state index contributed by atoms with van der Waals surface area (Å²) in [6, 6.07) is 35.7. The molecular weight excluding hydrogens is 703 g/mol. The average molecular weight is 755 g/mol. The van der Waals surface area contributed by atoms with Crippen molar-refractivity contribution in [3.8, 4) is 11.1 Å². The molecule has 250 valence electrons. The van der Waals surface area contributed by atoms with Gasteiger partial charge in [-0.2, -0.15) is 0 Å². The number of rotatable bonds is 4. The first-order valence-corrected chi connectivity index (χ1v) is 21.0. The summed E-state index contributed by atoms with van der Waals surface area (Å²) < 4.78 is 3.73. The maximum absolute atomic E-state index is 2.88. The third kappa shape index (κ3) is 7.41. The van der Waals surface area contributed by atoms with E-state index in [-0.39, 0.29) is 41.1 Å². The molecule has 3 heteroatoms. The van der Waals surface area contributed by atoms with Crippen LogP contribution < -0.4 is 24.8 Å². The number of fused-ring (bicyclic) bond motifs is 3. The van der Waals surface area contributed by atoms with E-state index in [4.69, 9.17) is 0 Å². The molecule has 0 heterocycles. The van der Waals surface area contributed by atoms with Gasteiger partial charge in [0, 0.05) is 0 Å². The number of hydrogen-bond acceptors (Lipinski definition) is 0. The monoisotopic (exact) mass is 752 g/mol. The van der Waals surface area contributed by atoms with Gasteiger partial charge in [0.25, 0.3) is 0 Å².